The molecule has 6 aliphatic rings. The fraction of sp³-hybridized carbons (Fsp3) is 0.824. The lowest BCUT2D eigenvalue weighted by atomic mass is 10.0. The lowest BCUT2D eigenvalue weighted by Crippen LogP contribution is -2.50. The van der Waals surface area contributed by atoms with Crippen molar-refractivity contribution in [3.05, 3.63) is 0 Å². The van der Waals surface area contributed by atoms with Crippen LogP contribution in [0, 0.1) is 0 Å². The summed E-state index contributed by atoms with van der Waals surface area (Å²) in [5.41, 5.74) is 3.52. The van der Waals surface area contributed by atoms with E-state index >= 15 is 0 Å². The second-order valence-electron chi connectivity index (χ2n) is 17.0. The number of nitrogens with one attached hydrogen (secondary N) is 2. The number of ether oxygens (including phenoxy) is 2. The summed E-state index contributed by atoms with van der Waals surface area (Å²) < 4.78 is 45.8. The Labute approximate surface area is 336 Å². The first-order chi connectivity index (χ1) is 27.0. The minimum atomic E-state index is -4.85. The molecule has 6 heterocycles. The summed E-state index contributed by atoms with van der Waals surface area (Å²) in [4.78, 5) is 90.2. The Kier molecular flexibility index (Phi) is 13.9. The fourth-order valence-electron chi connectivity index (χ4n) is 7.72. The van der Waals surface area contributed by atoms with E-state index in [9.17, 15) is 42.4 Å². The summed E-state index contributed by atoms with van der Waals surface area (Å²) >= 11 is 0. The van der Waals surface area contributed by atoms with Gasteiger partial charge in [-0.3, -0.25) is 29.0 Å². The molecule has 0 spiro atoms. The molecular weight excluding hydrogens is 792 g/mol. The maximum absolute atomic E-state index is 12.5. The van der Waals surface area contributed by atoms with Crippen molar-refractivity contribution in [2.24, 2.45) is 0 Å². The second kappa shape index (κ2) is 17.9. The van der Waals surface area contributed by atoms with Gasteiger partial charge in [0.15, 0.2) is 0 Å². The average molecular weight is 849 g/mol. The van der Waals surface area contributed by atoms with E-state index in [-0.39, 0.29) is 50.4 Å². The number of hydrogen-bond donors (Lipinski definition) is 4. The number of nitrogens with zero attached hydrogens (tertiary/aromatic N) is 6. The number of carbonyl (C=O) groups is 6. The first-order valence-corrected chi connectivity index (χ1v) is 20.8. The minimum Gasteiger partial charge on any atom is -0.444 e. The van der Waals surface area contributed by atoms with Crippen LogP contribution < -0.4 is 11.0 Å². The van der Waals surface area contributed by atoms with Gasteiger partial charge in [-0.2, -0.15) is 13.5 Å². The molecule has 0 aromatic heterocycles. The van der Waals surface area contributed by atoms with Gasteiger partial charge >= 0.3 is 34.6 Å². The molecule has 6 saturated heterocycles. The van der Waals surface area contributed by atoms with Crippen molar-refractivity contribution in [1.29, 1.82) is 0 Å². The molecule has 6 atom stereocenters. The average Bonchev–Trinajstić information content (AvgIpc) is 3.89. The molecule has 6 aliphatic heterocycles. The fourth-order valence-corrected chi connectivity index (χ4v) is 8.11. The van der Waals surface area contributed by atoms with Crippen LogP contribution in [-0.4, -0.2) is 171 Å². The van der Waals surface area contributed by atoms with Crippen LogP contribution in [-0.2, 0) is 43.4 Å². The largest absolute Gasteiger partial charge is 0.444 e. The molecule has 0 saturated carbocycles. The second-order valence-corrected chi connectivity index (χ2v) is 18.0. The van der Waals surface area contributed by atoms with Crippen LogP contribution in [0.2, 0.25) is 0 Å². The number of fused-ring (bicyclic) bond motifs is 4. The SMILES string of the molecule is CC(C)(C)OC(=O)N1CCCC1CONC(=O)[C@@H]1CC[C@@H]2CN1C(=O)N2O.CC(C)(C)OC(=O)N1CCCC1CONC(=O)[C@@H]1CC[C@@H]2CN1C(=O)N2OS(=O)(=O)O. The van der Waals surface area contributed by atoms with Crippen LogP contribution in [0.3, 0.4) is 0 Å². The maximum Gasteiger partial charge on any atom is 0.418 e. The van der Waals surface area contributed by atoms with Crippen LogP contribution in [0.25, 0.3) is 0 Å². The zero-order valence-electron chi connectivity index (χ0n) is 33.7. The molecule has 0 radical (unpaired) electrons. The van der Waals surface area contributed by atoms with Crippen molar-refractivity contribution in [1.82, 2.24) is 40.7 Å². The predicted molar refractivity (Wildman–Crippen MR) is 196 cm³/mol. The van der Waals surface area contributed by atoms with Gasteiger partial charge in [0.1, 0.15) is 23.3 Å². The van der Waals surface area contributed by atoms with E-state index in [0.717, 1.165) is 19.3 Å². The van der Waals surface area contributed by atoms with E-state index in [0.29, 0.717) is 55.4 Å². The smallest absolute Gasteiger partial charge is 0.418 e. The molecule has 6 fully saturated rings. The van der Waals surface area contributed by atoms with Gasteiger partial charge < -0.3 is 29.1 Å². The van der Waals surface area contributed by atoms with E-state index in [1.807, 2.05) is 20.8 Å². The van der Waals surface area contributed by atoms with Crippen molar-refractivity contribution in [2.75, 3.05) is 39.4 Å². The van der Waals surface area contributed by atoms with Gasteiger partial charge in [-0.1, -0.05) is 0 Å². The minimum absolute atomic E-state index is 0.0618. The Morgan fingerprint density at radius 2 is 1.12 bits per heavy atom. The number of amides is 8. The number of urea groups is 2. The maximum atomic E-state index is 12.5. The standard InChI is InChI=1S/C17H28N4O9S.C17H28N4O6/c1-17(2,3)29-16(24)19-8-4-5-12(19)10-28-18-14(22)13-7-6-11-9-20(13)15(23)21(11)30-31(25,26)27;1-17(2,3)27-16(24)19-8-4-5-12(19)10-26-18-14(22)13-7-6-11-9-20(13)15(23)21(11)25/h11-13H,4-10H2,1-3H3,(H,18,22)(H,25,26,27);11-13,25H,4-10H2,1-3H3,(H,18,22)/t2*11-,12?,13+/m11/s1. The van der Waals surface area contributed by atoms with Crippen molar-refractivity contribution in [2.45, 2.75) is 140 Å². The lowest BCUT2D eigenvalue weighted by Gasteiger charge is -2.30. The topological polar surface area (TPSA) is 267 Å². The van der Waals surface area contributed by atoms with Crippen molar-refractivity contribution in [3.63, 3.8) is 0 Å². The molecule has 2 unspecified atom stereocenters. The Morgan fingerprint density at radius 3 is 1.57 bits per heavy atom. The zero-order chi connectivity index (χ0) is 42.7. The number of hydrogen-bond acceptors (Lipinski definition) is 14. The predicted octanol–water partition coefficient (Wildman–Crippen LogP) is 1.53. The van der Waals surface area contributed by atoms with E-state index in [2.05, 4.69) is 15.2 Å². The van der Waals surface area contributed by atoms with Crippen molar-refractivity contribution >= 4 is 46.5 Å². The number of hydroxylamine groups is 6. The lowest BCUT2D eigenvalue weighted by molar-refractivity contribution is -0.140. The van der Waals surface area contributed by atoms with Gasteiger partial charge in [-0.15, -0.1) is 4.28 Å². The molecule has 8 amide bonds. The Morgan fingerprint density at radius 1 is 0.690 bits per heavy atom. The third kappa shape index (κ3) is 11.3. The third-order valence-electron chi connectivity index (χ3n) is 10.4. The highest BCUT2D eigenvalue weighted by Crippen LogP contribution is 2.31. The van der Waals surface area contributed by atoms with Crippen LogP contribution in [0.15, 0.2) is 0 Å². The zero-order valence-corrected chi connectivity index (χ0v) is 34.5. The molecule has 23 nitrogen and oxygen atoms in total. The van der Waals surface area contributed by atoms with Crippen LogP contribution in [0.4, 0.5) is 19.2 Å². The highest BCUT2D eigenvalue weighted by atomic mass is 32.3. The quantitative estimate of drug-likeness (QED) is 0.138. The Hall–Kier alpha value is -4.23. The van der Waals surface area contributed by atoms with E-state index in [4.69, 9.17) is 23.7 Å². The summed E-state index contributed by atoms with van der Waals surface area (Å²) in [7, 11) is -4.85. The molecular formula is C34H56N8O15S. The molecule has 328 valence electrons. The Balaban J connectivity index is 0.000000223. The third-order valence-corrected chi connectivity index (χ3v) is 10.7. The molecule has 58 heavy (non-hydrogen) atoms. The number of piperidine rings is 2. The highest BCUT2D eigenvalue weighted by molar-refractivity contribution is 7.80. The van der Waals surface area contributed by atoms with Gasteiger partial charge in [0, 0.05) is 26.2 Å². The first kappa shape index (κ1) is 44.9. The monoisotopic (exact) mass is 848 g/mol. The van der Waals surface area contributed by atoms with Gasteiger partial charge in [0.2, 0.25) is 0 Å². The van der Waals surface area contributed by atoms with E-state index in [1.54, 1.807) is 30.6 Å². The normalized spacial score (nSPS) is 27.1. The molecule has 6 rings (SSSR count). The molecule has 0 aromatic carbocycles. The van der Waals surface area contributed by atoms with Gasteiger partial charge in [-0.05, 0) is 92.9 Å². The summed E-state index contributed by atoms with van der Waals surface area (Å²) in [6, 6.07) is -4.16. The van der Waals surface area contributed by atoms with Crippen LogP contribution >= 0.6 is 0 Å². The van der Waals surface area contributed by atoms with Gasteiger partial charge in [0.05, 0.1) is 37.4 Å². The number of carbonyl (C=O) groups excluding carboxylic acids is 6. The summed E-state index contributed by atoms with van der Waals surface area (Å²) in [6.45, 7) is 12.5. The first-order valence-electron chi connectivity index (χ1n) is 19.4. The summed E-state index contributed by atoms with van der Waals surface area (Å²) in [5, 5.41) is 10.9. The van der Waals surface area contributed by atoms with E-state index < -0.39 is 69.7 Å². The summed E-state index contributed by atoms with van der Waals surface area (Å²) in [6.07, 6.45) is 3.89. The Bertz CT molecular complexity index is 1670. The van der Waals surface area contributed by atoms with Gasteiger partial charge in [0.25, 0.3) is 11.8 Å². The molecule has 4 bridgehead atoms. The number of likely N-dealkylation sites (tertiary alicyclic amines) is 2. The van der Waals surface area contributed by atoms with E-state index in [1.165, 1.54) is 9.80 Å². The van der Waals surface area contributed by atoms with Gasteiger partial charge in [-0.25, -0.2) is 35.2 Å². The summed E-state index contributed by atoms with van der Waals surface area (Å²) in [5.74, 6) is -0.985. The van der Waals surface area contributed by atoms with Crippen molar-refractivity contribution < 1.29 is 70.4 Å². The number of rotatable bonds is 10. The molecule has 0 aliphatic carbocycles. The van der Waals surface area contributed by atoms with Crippen LogP contribution in [0.5, 0.6) is 0 Å². The highest BCUT2D eigenvalue weighted by Gasteiger charge is 2.50. The molecule has 24 heteroatoms. The molecule has 4 N–H and O–H groups in total. The molecule has 0 aromatic rings. The van der Waals surface area contributed by atoms with Crippen molar-refractivity contribution in [3.8, 4) is 0 Å². The van der Waals surface area contributed by atoms with Crippen LogP contribution in [0.1, 0.15) is 92.9 Å².